The molecule has 0 radical (unpaired) electrons. The summed E-state index contributed by atoms with van der Waals surface area (Å²) in [5.74, 6) is 0.200. The van der Waals surface area contributed by atoms with Gasteiger partial charge >= 0.3 is 0 Å². The van der Waals surface area contributed by atoms with Crippen LogP contribution in [0.25, 0.3) is 0 Å². The van der Waals surface area contributed by atoms with Gasteiger partial charge in [-0.15, -0.1) is 0 Å². The topological polar surface area (TPSA) is 111 Å². The molecule has 1 aromatic heterocycles. The zero-order valence-electron chi connectivity index (χ0n) is 20.0. The van der Waals surface area contributed by atoms with E-state index in [2.05, 4.69) is 27.8 Å². The number of likely N-dealkylation sites (N-methyl/N-ethyl adjacent to an activating group) is 2. The number of anilines is 1. The van der Waals surface area contributed by atoms with E-state index < -0.39 is 0 Å². The lowest BCUT2D eigenvalue weighted by atomic mass is 10.1. The van der Waals surface area contributed by atoms with E-state index in [1.165, 1.54) is 6.20 Å². The summed E-state index contributed by atoms with van der Waals surface area (Å²) >= 11 is 6.26. The Hall–Kier alpha value is -3.22. The van der Waals surface area contributed by atoms with Crippen LogP contribution >= 0.6 is 11.6 Å². The average molecular weight is 485 g/mol. The van der Waals surface area contributed by atoms with Gasteiger partial charge in [-0.1, -0.05) is 37.6 Å². The van der Waals surface area contributed by atoms with Crippen molar-refractivity contribution in [3.63, 3.8) is 0 Å². The molecule has 0 aliphatic carbocycles. The van der Waals surface area contributed by atoms with Gasteiger partial charge in [0.1, 0.15) is 17.6 Å². The number of carbonyl (C=O) groups is 2. The minimum atomic E-state index is -0.315. The second-order valence-corrected chi connectivity index (χ2v) is 9.66. The first-order valence-corrected chi connectivity index (χ1v) is 11.7. The van der Waals surface area contributed by atoms with E-state index in [1.54, 1.807) is 24.2 Å². The first kappa shape index (κ1) is 25.4. The van der Waals surface area contributed by atoms with Crippen molar-refractivity contribution in [3.05, 3.63) is 52.4 Å². The number of aromatic nitrogens is 2. The Morgan fingerprint density at radius 3 is 2.65 bits per heavy atom. The van der Waals surface area contributed by atoms with Crippen LogP contribution in [0.2, 0.25) is 5.02 Å². The molecule has 2 heterocycles. The van der Waals surface area contributed by atoms with Crippen molar-refractivity contribution in [2.45, 2.75) is 39.3 Å². The van der Waals surface area contributed by atoms with Gasteiger partial charge in [0.2, 0.25) is 5.82 Å². The third-order valence-corrected chi connectivity index (χ3v) is 6.34. The number of rotatable bonds is 8. The number of quaternary nitrogens is 1. The molecule has 0 saturated carbocycles. The SMILES string of the molecule is CNC(=O)[C@@H]1CCC[N+]1(C)Cc1ccc(C(=O)NN(CC(C)C)c2nc(C#N)ncc2Cl)cc1. The van der Waals surface area contributed by atoms with Crippen LogP contribution in [0.15, 0.2) is 30.5 Å². The molecule has 1 unspecified atom stereocenters. The second kappa shape index (κ2) is 10.8. The van der Waals surface area contributed by atoms with Gasteiger partial charge in [0.15, 0.2) is 11.9 Å². The number of amides is 2. The molecule has 0 spiro atoms. The molecular weight excluding hydrogens is 454 g/mol. The molecule has 34 heavy (non-hydrogen) atoms. The van der Waals surface area contributed by atoms with Gasteiger partial charge in [0.25, 0.3) is 11.8 Å². The van der Waals surface area contributed by atoms with Crippen molar-refractivity contribution >= 4 is 29.2 Å². The first-order valence-electron chi connectivity index (χ1n) is 11.3. The fourth-order valence-corrected chi connectivity index (χ4v) is 4.59. The number of nitrogens with zero attached hydrogens (tertiary/aromatic N) is 5. The number of nitriles is 1. The Morgan fingerprint density at radius 2 is 2.03 bits per heavy atom. The van der Waals surface area contributed by atoms with Gasteiger partial charge in [-0.2, -0.15) is 10.2 Å². The molecule has 2 N–H and O–H groups in total. The van der Waals surface area contributed by atoms with Crippen molar-refractivity contribution in [1.29, 1.82) is 5.26 Å². The summed E-state index contributed by atoms with van der Waals surface area (Å²) in [5, 5.41) is 13.7. The Labute approximate surface area is 205 Å². The van der Waals surface area contributed by atoms with Gasteiger partial charge in [-0.3, -0.25) is 20.0 Å². The highest BCUT2D eigenvalue weighted by atomic mass is 35.5. The monoisotopic (exact) mass is 484 g/mol. The highest BCUT2D eigenvalue weighted by Crippen LogP contribution is 2.28. The van der Waals surface area contributed by atoms with Crippen LogP contribution in [0.5, 0.6) is 0 Å². The van der Waals surface area contributed by atoms with Crippen LogP contribution in [0, 0.1) is 17.2 Å². The normalized spacial score (nSPS) is 19.5. The van der Waals surface area contributed by atoms with Crippen LogP contribution in [0.4, 0.5) is 5.82 Å². The zero-order chi connectivity index (χ0) is 24.9. The largest absolute Gasteiger partial charge is 0.354 e. The summed E-state index contributed by atoms with van der Waals surface area (Å²) in [5.41, 5.74) is 4.40. The molecule has 1 aliphatic heterocycles. The summed E-state index contributed by atoms with van der Waals surface area (Å²) in [6.45, 7) is 6.11. The second-order valence-electron chi connectivity index (χ2n) is 9.25. The molecule has 3 rings (SSSR count). The van der Waals surface area contributed by atoms with E-state index in [4.69, 9.17) is 16.9 Å². The van der Waals surface area contributed by atoms with Crippen LogP contribution in [0.1, 0.15) is 48.4 Å². The van der Waals surface area contributed by atoms with Crippen LogP contribution in [-0.4, -0.2) is 59.5 Å². The number of benzene rings is 1. The zero-order valence-corrected chi connectivity index (χ0v) is 20.8. The Kier molecular flexibility index (Phi) is 8.07. The number of likely N-dealkylation sites (tertiary alicyclic amines) is 1. The van der Waals surface area contributed by atoms with E-state index in [9.17, 15) is 9.59 Å². The molecule has 2 aromatic rings. The standard InChI is InChI=1S/C24H30ClN7O2/c1-16(2)14-31(22-19(25)13-28-21(12-26)29-22)30-23(33)18-9-7-17(8-10-18)15-32(4)11-5-6-20(32)24(34)27-3/h7-10,13,16,20H,5-6,11,14-15H2,1-4H3,(H-,27,30,33,34)/p+1/t20-,32?/m0/s1. The lowest BCUT2D eigenvalue weighted by molar-refractivity contribution is -0.925. The molecule has 1 aliphatic rings. The summed E-state index contributed by atoms with van der Waals surface area (Å²) in [4.78, 5) is 33.4. The minimum absolute atomic E-state index is 0.0275. The number of hydrogen-bond donors (Lipinski definition) is 2. The van der Waals surface area contributed by atoms with Crippen molar-refractivity contribution in [3.8, 4) is 6.07 Å². The van der Waals surface area contributed by atoms with E-state index >= 15 is 0 Å². The van der Waals surface area contributed by atoms with Crippen molar-refractivity contribution < 1.29 is 14.1 Å². The van der Waals surface area contributed by atoms with E-state index in [-0.39, 0.29) is 40.4 Å². The van der Waals surface area contributed by atoms with E-state index in [1.807, 2.05) is 32.0 Å². The maximum absolute atomic E-state index is 13.0. The van der Waals surface area contributed by atoms with Gasteiger partial charge in [0.05, 0.1) is 19.8 Å². The van der Waals surface area contributed by atoms with Crippen molar-refractivity contribution in [2.75, 3.05) is 32.2 Å². The molecule has 180 valence electrons. The van der Waals surface area contributed by atoms with Crippen molar-refractivity contribution in [2.24, 2.45) is 5.92 Å². The van der Waals surface area contributed by atoms with Crippen LogP contribution < -0.4 is 15.8 Å². The molecule has 1 saturated heterocycles. The number of hydrazine groups is 1. The molecule has 10 heteroatoms. The molecule has 9 nitrogen and oxygen atoms in total. The third kappa shape index (κ3) is 5.82. The molecule has 0 bridgehead atoms. The smallest absolute Gasteiger partial charge is 0.278 e. The maximum atomic E-state index is 13.0. The van der Waals surface area contributed by atoms with Gasteiger partial charge in [-0.05, 0) is 18.1 Å². The lowest BCUT2D eigenvalue weighted by Gasteiger charge is -2.35. The summed E-state index contributed by atoms with van der Waals surface area (Å²) < 4.78 is 0.654. The lowest BCUT2D eigenvalue weighted by Crippen LogP contribution is -2.53. The van der Waals surface area contributed by atoms with E-state index in [0.717, 1.165) is 24.9 Å². The first-order chi connectivity index (χ1) is 16.2. The van der Waals surface area contributed by atoms with Gasteiger partial charge < -0.3 is 9.80 Å². The number of carbonyl (C=O) groups excluding carboxylic acids is 2. The minimum Gasteiger partial charge on any atom is -0.354 e. The molecule has 2 amide bonds. The number of nitrogens with one attached hydrogen (secondary N) is 2. The molecule has 1 aromatic carbocycles. The quantitative estimate of drug-likeness (QED) is 0.440. The number of halogens is 1. The molecular formula is C24H31ClN7O2+. The summed E-state index contributed by atoms with van der Waals surface area (Å²) in [6, 6.07) is 9.24. The fraction of sp³-hybridized carbons (Fsp3) is 0.458. The predicted molar refractivity (Wildman–Crippen MR) is 130 cm³/mol. The van der Waals surface area contributed by atoms with Crippen LogP contribution in [-0.2, 0) is 11.3 Å². The fourth-order valence-electron chi connectivity index (χ4n) is 4.40. The van der Waals surface area contributed by atoms with Crippen LogP contribution in [0.3, 0.4) is 0 Å². The molecule has 1 fully saturated rings. The average Bonchev–Trinajstić information content (AvgIpc) is 3.19. The Morgan fingerprint density at radius 1 is 1.32 bits per heavy atom. The summed E-state index contributed by atoms with van der Waals surface area (Å²) in [7, 11) is 3.79. The van der Waals surface area contributed by atoms with E-state index in [0.29, 0.717) is 23.1 Å². The maximum Gasteiger partial charge on any atom is 0.278 e. The highest BCUT2D eigenvalue weighted by Gasteiger charge is 2.42. The van der Waals surface area contributed by atoms with Gasteiger partial charge in [0, 0.05) is 37.6 Å². The predicted octanol–water partition coefficient (Wildman–Crippen LogP) is 2.66. The number of hydrogen-bond acceptors (Lipinski definition) is 6. The highest BCUT2D eigenvalue weighted by molar-refractivity contribution is 6.32. The van der Waals surface area contributed by atoms with Crippen molar-refractivity contribution in [1.82, 2.24) is 20.7 Å². The third-order valence-electron chi connectivity index (χ3n) is 6.07. The molecule has 2 atom stereocenters. The summed E-state index contributed by atoms with van der Waals surface area (Å²) in [6.07, 6.45) is 3.24. The Bertz CT molecular complexity index is 1080. The Balaban J connectivity index is 1.75. The van der Waals surface area contributed by atoms with Gasteiger partial charge in [-0.25, -0.2) is 4.98 Å².